The molecule has 2 aliphatic heterocycles. The van der Waals surface area contributed by atoms with Crippen LogP contribution in [0.2, 0.25) is 0 Å². The summed E-state index contributed by atoms with van der Waals surface area (Å²) in [4.78, 5) is 29.7. The maximum atomic E-state index is 12.7. The number of hydrogen-bond acceptors (Lipinski definition) is 6. The predicted octanol–water partition coefficient (Wildman–Crippen LogP) is 2.45. The molecular weight excluding hydrogens is 378 g/mol. The summed E-state index contributed by atoms with van der Waals surface area (Å²) < 4.78 is 11.2. The number of ether oxygens (including phenoxy) is 2. The van der Waals surface area contributed by atoms with E-state index < -0.39 is 6.10 Å². The minimum atomic E-state index is -0.555. The number of nitrogens with one attached hydrogen (secondary N) is 1. The second-order valence-corrected chi connectivity index (χ2v) is 7.77. The average molecular weight is 401 g/mol. The normalized spacial score (nSPS) is 19.8. The molecule has 1 aromatic heterocycles. The van der Waals surface area contributed by atoms with Gasteiger partial charge in [0, 0.05) is 37.9 Å². The number of thiophene rings is 1. The molecule has 1 unspecified atom stereocenters. The maximum Gasteiger partial charge on any atom is 0.267 e. The number of morpholine rings is 1. The highest BCUT2D eigenvalue weighted by atomic mass is 32.1. The fraction of sp³-hybridized carbons (Fsp3) is 0.400. The topological polar surface area (TPSA) is 71.1 Å². The lowest BCUT2D eigenvalue weighted by Crippen LogP contribution is -2.48. The largest absolute Gasteiger partial charge is 0.479 e. The van der Waals surface area contributed by atoms with Crippen LogP contribution in [0.1, 0.15) is 16.6 Å². The van der Waals surface area contributed by atoms with Gasteiger partial charge in [-0.2, -0.15) is 0 Å². The van der Waals surface area contributed by atoms with Gasteiger partial charge in [0.2, 0.25) is 0 Å². The van der Waals surface area contributed by atoms with Gasteiger partial charge in [0.15, 0.2) is 6.10 Å². The maximum absolute atomic E-state index is 12.7. The summed E-state index contributed by atoms with van der Waals surface area (Å²) in [5.74, 6) is 0.410. The second kappa shape index (κ2) is 8.30. The molecule has 1 N–H and O–H groups in total. The van der Waals surface area contributed by atoms with E-state index in [4.69, 9.17) is 9.47 Å². The summed E-state index contributed by atoms with van der Waals surface area (Å²) in [6, 6.07) is 9.05. The predicted molar refractivity (Wildman–Crippen MR) is 108 cm³/mol. The van der Waals surface area contributed by atoms with Gasteiger partial charge in [-0.05, 0) is 30.5 Å². The van der Waals surface area contributed by atoms with Crippen molar-refractivity contribution in [2.24, 2.45) is 0 Å². The van der Waals surface area contributed by atoms with Gasteiger partial charge >= 0.3 is 0 Å². The molecular formula is C20H23N3O4S. The van der Waals surface area contributed by atoms with Gasteiger partial charge in [0.05, 0.1) is 23.8 Å². The van der Waals surface area contributed by atoms with Gasteiger partial charge < -0.3 is 19.7 Å². The molecule has 0 bridgehead atoms. The van der Waals surface area contributed by atoms with Crippen molar-refractivity contribution < 1.29 is 19.1 Å². The first-order valence-electron chi connectivity index (χ1n) is 9.39. The van der Waals surface area contributed by atoms with Crippen molar-refractivity contribution in [3.05, 3.63) is 40.6 Å². The first-order chi connectivity index (χ1) is 13.6. The minimum absolute atomic E-state index is 0.0452. The van der Waals surface area contributed by atoms with Crippen molar-refractivity contribution in [1.29, 1.82) is 0 Å². The first-order valence-corrected chi connectivity index (χ1v) is 10.3. The quantitative estimate of drug-likeness (QED) is 0.833. The van der Waals surface area contributed by atoms with Crippen molar-refractivity contribution in [3.8, 4) is 5.75 Å². The van der Waals surface area contributed by atoms with Gasteiger partial charge in [0.25, 0.3) is 11.8 Å². The van der Waals surface area contributed by atoms with E-state index in [0.29, 0.717) is 22.9 Å². The zero-order chi connectivity index (χ0) is 19.5. The van der Waals surface area contributed by atoms with Crippen LogP contribution in [0.5, 0.6) is 5.75 Å². The molecule has 0 radical (unpaired) electrons. The second-order valence-electron chi connectivity index (χ2n) is 6.82. The number of carbonyl (C=O) groups is 2. The fourth-order valence-corrected chi connectivity index (χ4v) is 4.00. The Morgan fingerprint density at radius 2 is 2.07 bits per heavy atom. The lowest BCUT2D eigenvalue weighted by Gasteiger charge is -2.35. The summed E-state index contributed by atoms with van der Waals surface area (Å²) >= 11 is 1.39. The summed E-state index contributed by atoms with van der Waals surface area (Å²) in [6.45, 7) is 6.38. The Morgan fingerprint density at radius 3 is 2.82 bits per heavy atom. The Hall–Kier alpha value is -2.42. The molecule has 8 heteroatoms. The Labute approximate surface area is 167 Å². The zero-order valence-electron chi connectivity index (χ0n) is 15.7. The minimum Gasteiger partial charge on any atom is -0.479 e. The van der Waals surface area contributed by atoms with Crippen LogP contribution >= 0.6 is 11.3 Å². The lowest BCUT2D eigenvalue weighted by atomic mass is 10.1. The highest BCUT2D eigenvalue weighted by molar-refractivity contribution is 7.12. The number of rotatable bonds is 5. The van der Waals surface area contributed by atoms with E-state index >= 15 is 0 Å². The Morgan fingerprint density at radius 1 is 1.25 bits per heavy atom. The van der Waals surface area contributed by atoms with E-state index in [1.54, 1.807) is 30.0 Å². The van der Waals surface area contributed by atoms with Crippen LogP contribution in [0.25, 0.3) is 0 Å². The van der Waals surface area contributed by atoms with Crippen LogP contribution in [-0.2, 0) is 9.53 Å². The van der Waals surface area contributed by atoms with Gasteiger partial charge in [-0.15, -0.1) is 11.3 Å². The number of anilines is 2. The van der Waals surface area contributed by atoms with E-state index in [1.807, 2.05) is 17.5 Å². The third-order valence-corrected chi connectivity index (χ3v) is 5.78. The van der Waals surface area contributed by atoms with E-state index in [9.17, 15) is 9.59 Å². The smallest absolute Gasteiger partial charge is 0.267 e. The third-order valence-electron chi connectivity index (χ3n) is 4.91. The van der Waals surface area contributed by atoms with Crippen LogP contribution < -0.4 is 15.0 Å². The molecule has 1 atom stereocenters. The molecule has 2 aromatic rings. The van der Waals surface area contributed by atoms with Crippen molar-refractivity contribution in [2.75, 3.05) is 49.6 Å². The number of carbonyl (C=O) groups excluding carboxylic acids is 2. The summed E-state index contributed by atoms with van der Waals surface area (Å²) in [6.07, 6.45) is -0.555. The van der Waals surface area contributed by atoms with Crippen molar-refractivity contribution >= 4 is 34.5 Å². The van der Waals surface area contributed by atoms with Crippen LogP contribution in [0.4, 0.5) is 11.4 Å². The Kier molecular flexibility index (Phi) is 5.61. The van der Waals surface area contributed by atoms with E-state index in [0.717, 1.165) is 38.5 Å². The molecule has 28 heavy (non-hydrogen) atoms. The summed E-state index contributed by atoms with van der Waals surface area (Å²) in [5.41, 5.74) is 1.39. The van der Waals surface area contributed by atoms with Gasteiger partial charge in [-0.25, -0.2) is 0 Å². The molecule has 7 nitrogen and oxygen atoms in total. The number of benzene rings is 1. The van der Waals surface area contributed by atoms with Crippen molar-refractivity contribution in [1.82, 2.24) is 4.90 Å². The molecule has 3 heterocycles. The Balaban J connectivity index is 1.49. The standard InChI is InChI=1S/C20H23N3O4S/c1-14-20(25)23(7-6-22-8-10-26-11-9-22)16-5-4-15(13-17(16)27-14)21-19(24)18-3-2-12-28-18/h2-5,12-14H,6-11H2,1H3,(H,21,24). The molecule has 0 spiro atoms. The van der Waals surface area contributed by atoms with Gasteiger partial charge in [-0.1, -0.05) is 6.07 Å². The average Bonchev–Trinajstić information content (AvgIpc) is 3.24. The van der Waals surface area contributed by atoms with Crippen LogP contribution in [0.3, 0.4) is 0 Å². The number of amides is 2. The van der Waals surface area contributed by atoms with Crippen LogP contribution in [0.15, 0.2) is 35.7 Å². The number of nitrogens with zero attached hydrogens (tertiary/aromatic N) is 2. The monoisotopic (exact) mass is 401 g/mol. The molecule has 2 aliphatic rings. The first kappa shape index (κ1) is 18.9. The SMILES string of the molecule is CC1Oc2cc(NC(=O)c3cccs3)ccc2N(CCN2CCOCC2)C1=O. The molecule has 2 amide bonds. The number of fused-ring (bicyclic) bond motifs is 1. The van der Waals surface area contributed by atoms with Gasteiger partial charge in [0.1, 0.15) is 5.75 Å². The molecule has 0 aliphatic carbocycles. The van der Waals surface area contributed by atoms with Crippen LogP contribution in [-0.4, -0.2) is 62.2 Å². The van der Waals surface area contributed by atoms with Gasteiger partial charge in [-0.3, -0.25) is 14.5 Å². The van der Waals surface area contributed by atoms with E-state index in [-0.39, 0.29) is 11.8 Å². The molecule has 1 saturated heterocycles. The molecule has 1 fully saturated rings. The van der Waals surface area contributed by atoms with Crippen molar-refractivity contribution in [2.45, 2.75) is 13.0 Å². The Bertz CT molecular complexity index is 849. The third kappa shape index (κ3) is 4.04. The molecule has 148 valence electrons. The molecule has 0 saturated carbocycles. The van der Waals surface area contributed by atoms with E-state index in [1.165, 1.54) is 11.3 Å². The molecule has 1 aromatic carbocycles. The summed E-state index contributed by atoms with van der Waals surface area (Å²) in [5, 5.41) is 4.75. The highest BCUT2D eigenvalue weighted by Crippen LogP contribution is 2.36. The van der Waals surface area contributed by atoms with Crippen LogP contribution in [0, 0.1) is 0 Å². The van der Waals surface area contributed by atoms with E-state index in [2.05, 4.69) is 10.2 Å². The fourth-order valence-electron chi connectivity index (χ4n) is 3.39. The lowest BCUT2D eigenvalue weighted by molar-refractivity contribution is -0.125. The van der Waals surface area contributed by atoms with Crippen molar-refractivity contribution in [3.63, 3.8) is 0 Å². The number of hydrogen-bond donors (Lipinski definition) is 1. The molecule has 4 rings (SSSR count). The zero-order valence-corrected chi connectivity index (χ0v) is 16.5. The highest BCUT2D eigenvalue weighted by Gasteiger charge is 2.32. The summed E-state index contributed by atoms with van der Waals surface area (Å²) in [7, 11) is 0.